The van der Waals surface area contributed by atoms with Gasteiger partial charge in [-0.3, -0.25) is 19.3 Å². The molecule has 1 fully saturated rings. The minimum Gasteiger partial charge on any atom is -0.497 e. The number of carbonyl (C=O) groups excluding carboxylic acids is 3. The van der Waals surface area contributed by atoms with Crippen LogP contribution in [0.5, 0.6) is 5.75 Å². The number of likely N-dealkylation sites (N-methyl/N-ethyl adjacent to an activating group) is 1. The summed E-state index contributed by atoms with van der Waals surface area (Å²) >= 11 is 0. The second-order valence-electron chi connectivity index (χ2n) is 12.1. The maximum atomic E-state index is 14.5. The summed E-state index contributed by atoms with van der Waals surface area (Å²) < 4.78 is 9.59. The summed E-state index contributed by atoms with van der Waals surface area (Å²) in [6.45, 7) is 0.123. The molecule has 2 aliphatic heterocycles. The minimum atomic E-state index is -1.66. The fourth-order valence-corrected chi connectivity index (χ4v) is 8.31. The topological polar surface area (TPSA) is 106 Å². The lowest BCUT2D eigenvalue weighted by atomic mass is 9.94. The fourth-order valence-electron chi connectivity index (χ4n) is 8.31. The number of imide groups is 1. The number of hydrogen-bond donors (Lipinski definition) is 2. The molecule has 1 saturated carbocycles. The van der Waals surface area contributed by atoms with Gasteiger partial charge >= 0.3 is 0 Å². The summed E-state index contributed by atoms with van der Waals surface area (Å²) in [6.07, 6.45) is 0.752. The van der Waals surface area contributed by atoms with E-state index in [0.29, 0.717) is 28.7 Å². The number of fused-ring (bicyclic) bond motifs is 13. The Morgan fingerprint density at radius 1 is 0.886 bits per heavy atom. The third kappa shape index (κ3) is 2.90. The van der Waals surface area contributed by atoms with Crippen LogP contribution in [0.1, 0.15) is 51.2 Å². The van der Waals surface area contributed by atoms with Crippen molar-refractivity contribution in [3.8, 4) is 5.75 Å². The Morgan fingerprint density at radius 2 is 1.45 bits per heavy atom. The molecule has 2 unspecified atom stereocenters. The van der Waals surface area contributed by atoms with Crippen LogP contribution in [0, 0.1) is 0 Å². The average molecular weight is 585 g/mol. The SMILES string of the molecule is CNC(=O)[C@]1(O)CC2CC1n1c3ccccc3c3c4c(c5c6ccccc6n2c5c31)C(=O)N(Cc1ccc(OC)cc1)C4=O. The van der Waals surface area contributed by atoms with Crippen LogP contribution >= 0.6 is 0 Å². The number of methoxy groups -OCH3 is 1. The van der Waals surface area contributed by atoms with Crippen molar-refractivity contribution < 1.29 is 24.2 Å². The number of nitrogens with one attached hydrogen (secondary N) is 1. The summed E-state index contributed by atoms with van der Waals surface area (Å²) in [5.74, 6) is -0.400. The largest absolute Gasteiger partial charge is 0.497 e. The number of ether oxygens (including phenoxy) is 1. The molecule has 2 aromatic heterocycles. The van der Waals surface area contributed by atoms with Crippen molar-refractivity contribution in [2.45, 2.75) is 37.1 Å². The number of para-hydroxylation sites is 2. The predicted octanol–water partition coefficient (Wildman–Crippen LogP) is 5.07. The predicted molar refractivity (Wildman–Crippen MR) is 166 cm³/mol. The molecule has 4 aromatic carbocycles. The molecule has 44 heavy (non-hydrogen) atoms. The molecule has 2 bridgehead atoms. The van der Waals surface area contributed by atoms with Gasteiger partial charge in [-0.2, -0.15) is 0 Å². The summed E-state index contributed by atoms with van der Waals surface area (Å²) in [5, 5.41) is 17.9. The van der Waals surface area contributed by atoms with Crippen LogP contribution in [-0.2, 0) is 11.3 Å². The van der Waals surface area contributed by atoms with Crippen LogP contribution in [-0.4, -0.2) is 56.6 Å². The van der Waals surface area contributed by atoms with Gasteiger partial charge in [0.05, 0.1) is 41.9 Å². The van der Waals surface area contributed by atoms with Gasteiger partial charge in [0.25, 0.3) is 17.7 Å². The maximum absolute atomic E-state index is 14.5. The summed E-state index contributed by atoms with van der Waals surface area (Å²) in [5.41, 5.74) is 3.32. The van der Waals surface area contributed by atoms with Gasteiger partial charge in [-0.05, 0) is 36.2 Å². The highest BCUT2D eigenvalue weighted by Gasteiger charge is 2.56. The summed E-state index contributed by atoms with van der Waals surface area (Å²) in [4.78, 5) is 43.6. The zero-order valence-electron chi connectivity index (χ0n) is 24.1. The van der Waals surface area contributed by atoms with Crippen molar-refractivity contribution in [3.63, 3.8) is 0 Å². The molecule has 6 aromatic rings. The second kappa shape index (κ2) is 8.48. The first-order chi connectivity index (χ1) is 21.4. The van der Waals surface area contributed by atoms with Gasteiger partial charge in [-0.15, -0.1) is 0 Å². The van der Waals surface area contributed by atoms with Gasteiger partial charge in [0.15, 0.2) is 5.60 Å². The van der Waals surface area contributed by atoms with Crippen molar-refractivity contribution in [3.05, 3.63) is 89.5 Å². The zero-order valence-corrected chi connectivity index (χ0v) is 24.1. The molecule has 2 N–H and O–H groups in total. The Bertz CT molecular complexity index is 2280. The van der Waals surface area contributed by atoms with E-state index in [2.05, 4.69) is 14.5 Å². The molecule has 0 spiro atoms. The summed E-state index contributed by atoms with van der Waals surface area (Å²) in [7, 11) is 3.14. The first-order valence-corrected chi connectivity index (χ1v) is 14.8. The number of benzene rings is 4. The number of carbonyl (C=O) groups is 3. The smallest absolute Gasteiger partial charge is 0.262 e. The molecule has 9 nitrogen and oxygen atoms in total. The first kappa shape index (κ1) is 25.4. The molecule has 9 heteroatoms. The lowest BCUT2D eigenvalue weighted by Gasteiger charge is -2.31. The Kier molecular flexibility index (Phi) is 4.89. The van der Waals surface area contributed by atoms with Gasteiger partial charge in [-0.1, -0.05) is 48.5 Å². The number of hydrogen-bond acceptors (Lipinski definition) is 5. The van der Waals surface area contributed by atoms with Gasteiger partial charge < -0.3 is 24.3 Å². The number of amides is 3. The average Bonchev–Trinajstić information content (AvgIpc) is 3.72. The molecule has 3 amide bonds. The van der Waals surface area contributed by atoms with E-state index in [1.54, 1.807) is 14.2 Å². The van der Waals surface area contributed by atoms with Crippen LogP contribution in [0.4, 0.5) is 0 Å². The molecular weight excluding hydrogens is 556 g/mol. The van der Waals surface area contributed by atoms with E-state index < -0.39 is 17.6 Å². The zero-order chi connectivity index (χ0) is 30.1. The van der Waals surface area contributed by atoms with Crippen molar-refractivity contribution >= 4 is 61.3 Å². The minimum absolute atomic E-state index is 0.123. The lowest BCUT2D eigenvalue weighted by Crippen LogP contribution is -2.49. The standard InChI is InChI=1S/C35H28N4O5/c1-36-34(42)35(43)16-19-15-25(35)39-24-10-6-4-8-22(24)27-29-28(26-21-7-3-5-9-23(21)38(19)30(26)31(27)39)32(40)37(33(29)41)17-18-11-13-20(44-2)14-12-18/h3-14,19,25,43H,15-17H2,1-2H3,(H,36,42)/t19?,25?,35-/m0/s1. The highest BCUT2D eigenvalue weighted by Crippen LogP contribution is 2.57. The molecule has 0 radical (unpaired) electrons. The van der Waals surface area contributed by atoms with Crippen LogP contribution in [0.25, 0.3) is 43.6 Å². The molecule has 3 atom stereocenters. The van der Waals surface area contributed by atoms with Crippen molar-refractivity contribution in [2.24, 2.45) is 0 Å². The van der Waals surface area contributed by atoms with Crippen molar-refractivity contribution in [2.75, 3.05) is 14.2 Å². The van der Waals surface area contributed by atoms with E-state index in [0.717, 1.165) is 43.8 Å². The van der Waals surface area contributed by atoms with E-state index in [-0.39, 0.29) is 30.8 Å². The highest BCUT2D eigenvalue weighted by atomic mass is 16.5. The third-order valence-corrected chi connectivity index (χ3v) is 10.1. The first-order valence-electron chi connectivity index (χ1n) is 14.8. The highest BCUT2D eigenvalue weighted by molar-refractivity contribution is 6.39. The van der Waals surface area contributed by atoms with E-state index in [4.69, 9.17) is 4.74 Å². The monoisotopic (exact) mass is 584 g/mol. The van der Waals surface area contributed by atoms with E-state index in [1.165, 1.54) is 4.90 Å². The van der Waals surface area contributed by atoms with E-state index >= 15 is 0 Å². The Morgan fingerprint density at radius 3 is 2.05 bits per heavy atom. The van der Waals surface area contributed by atoms with Gasteiger partial charge in [-0.25, -0.2) is 0 Å². The van der Waals surface area contributed by atoms with Gasteiger partial charge in [0, 0.05) is 52.1 Å². The van der Waals surface area contributed by atoms with Crippen LogP contribution in [0.2, 0.25) is 0 Å². The molecule has 4 heterocycles. The van der Waals surface area contributed by atoms with Crippen LogP contribution in [0.3, 0.4) is 0 Å². The Balaban J connectivity index is 1.42. The van der Waals surface area contributed by atoms with Gasteiger partial charge in [0.2, 0.25) is 0 Å². The van der Waals surface area contributed by atoms with Crippen molar-refractivity contribution in [1.82, 2.24) is 19.4 Å². The third-order valence-electron chi connectivity index (χ3n) is 10.1. The molecule has 3 aliphatic rings. The van der Waals surface area contributed by atoms with Gasteiger partial charge in [0.1, 0.15) is 5.75 Å². The summed E-state index contributed by atoms with van der Waals surface area (Å²) in [6, 6.07) is 22.3. The van der Waals surface area contributed by atoms with Crippen LogP contribution < -0.4 is 10.1 Å². The maximum Gasteiger partial charge on any atom is 0.262 e. The number of nitrogens with zero attached hydrogens (tertiary/aromatic N) is 3. The number of rotatable bonds is 4. The molecule has 9 rings (SSSR count). The quantitative estimate of drug-likeness (QED) is 0.282. The molecule has 1 aliphatic carbocycles. The van der Waals surface area contributed by atoms with Crippen molar-refractivity contribution in [1.29, 1.82) is 0 Å². The number of aliphatic hydroxyl groups is 1. The Hall–Kier alpha value is -5.15. The lowest BCUT2D eigenvalue weighted by molar-refractivity contribution is -0.142. The molecular formula is C35H28N4O5. The normalized spacial score (nSPS) is 22.1. The Labute approximate surface area is 251 Å². The van der Waals surface area contributed by atoms with Crippen LogP contribution in [0.15, 0.2) is 72.8 Å². The fraction of sp³-hybridized carbons (Fsp3) is 0.229. The second-order valence-corrected chi connectivity index (χ2v) is 12.1. The van der Waals surface area contributed by atoms with E-state index in [9.17, 15) is 19.5 Å². The molecule has 0 saturated heterocycles. The molecule has 218 valence electrons. The van der Waals surface area contributed by atoms with E-state index in [1.807, 2.05) is 72.8 Å². The number of aromatic nitrogens is 2.